The van der Waals surface area contributed by atoms with Crippen molar-refractivity contribution in [1.29, 1.82) is 0 Å². The Bertz CT molecular complexity index is 583. The molecule has 1 aromatic carbocycles. The van der Waals surface area contributed by atoms with Crippen molar-refractivity contribution >= 4 is 11.9 Å². The number of amides is 1. The van der Waals surface area contributed by atoms with Crippen molar-refractivity contribution in [1.82, 2.24) is 5.32 Å². The average molecular weight is 337 g/mol. The van der Waals surface area contributed by atoms with Crippen LogP contribution in [0.25, 0.3) is 0 Å². The van der Waals surface area contributed by atoms with Gasteiger partial charge in [0.1, 0.15) is 0 Å². The lowest BCUT2D eigenvalue weighted by atomic mass is 9.89. The Balaban J connectivity index is 2.57. The molecule has 2 N–H and O–H groups in total. The Morgan fingerprint density at radius 3 is 2.38 bits per heavy atom. The van der Waals surface area contributed by atoms with E-state index in [0.29, 0.717) is 30.9 Å². The third kappa shape index (κ3) is 5.44. The molecule has 1 amide bonds. The second-order valence-corrected chi connectivity index (χ2v) is 6.52. The summed E-state index contributed by atoms with van der Waals surface area (Å²) in [5.41, 5.74) is 0.126. The molecule has 0 heterocycles. The van der Waals surface area contributed by atoms with Gasteiger partial charge in [-0.2, -0.15) is 0 Å². The van der Waals surface area contributed by atoms with Crippen LogP contribution in [0, 0.1) is 11.3 Å². The van der Waals surface area contributed by atoms with Crippen LogP contribution in [-0.2, 0) is 16.0 Å². The Kier molecular flexibility index (Phi) is 7.07. The van der Waals surface area contributed by atoms with Gasteiger partial charge in [-0.1, -0.05) is 13.0 Å². The second kappa shape index (κ2) is 8.57. The molecule has 0 aliphatic carbocycles. The van der Waals surface area contributed by atoms with Crippen molar-refractivity contribution in [2.45, 2.75) is 33.6 Å². The molecule has 0 fully saturated rings. The number of carboxylic acids is 1. The zero-order valence-electron chi connectivity index (χ0n) is 15.0. The summed E-state index contributed by atoms with van der Waals surface area (Å²) < 4.78 is 10.5. The first-order valence-electron chi connectivity index (χ1n) is 7.93. The maximum atomic E-state index is 12.2. The summed E-state index contributed by atoms with van der Waals surface area (Å²) in [6.07, 6.45) is 0.950. The largest absolute Gasteiger partial charge is 0.493 e. The van der Waals surface area contributed by atoms with Gasteiger partial charge >= 0.3 is 5.97 Å². The number of hydrogen-bond acceptors (Lipinski definition) is 4. The zero-order chi connectivity index (χ0) is 18.3. The van der Waals surface area contributed by atoms with Crippen molar-refractivity contribution in [2.24, 2.45) is 11.3 Å². The van der Waals surface area contributed by atoms with Crippen LogP contribution in [0.3, 0.4) is 0 Å². The van der Waals surface area contributed by atoms with Crippen LogP contribution in [0.15, 0.2) is 18.2 Å². The van der Waals surface area contributed by atoms with E-state index >= 15 is 0 Å². The van der Waals surface area contributed by atoms with Crippen molar-refractivity contribution in [3.63, 3.8) is 0 Å². The molecule has 1 unspecified atom stereocenters. The van der Waals surface area contributed by atoms with Crippen molar-refractivity contribution in [3.8, 4) is 11.5 Å². The molecule has 6 heteroatoms. The highest BCUT2D eigenvalue weighted by molar-refractivity contribution is 5.79. The maximum Gasteiger partial charge on any atom is 0.309 e. The third-order valence-corrected chi connectivity index (χ3v) is 4.07. The normalized spacial score (nSPS) is 12.4. The van der Waals surface area contributed by atoms with E-state index in [2.05, 4.69) is 5.32 Å². The molecule has 0 spiro atoms. The number of aliphatic carboxylic acids is 1. The summed E-state index contributed by atoms with van der Waals surface area (Å²) in [4.78, 5) is 23.2. The van der Waals surface area contributed by atoms with Gasteiger partial charge in [-0.25, -0.2) is 0 Å². The Morgan fingerprint density at radius 1 is 1.21 bits per heavy atom. The first-order valence-corrected chi connectivity index (χ1v) is 7.93. The van der Waals surface area contributed by atoms with Crippen LogP contribution in [-0.4, -0.2) is 37.7 Å². The van der Waals surface area contributed by atoms with Crippen LogP contribution in [0.5, 0.6) is 11.5 Å². The number of carboxylic acid groups (broad SMARTS) is 1. The van der Waals surface area contributed by atoms with Gasteiger partial charge in [0.15, 0.2) is 11.5 Å². The smallest absolute Gasteiger partial charge is 0.309 e. The number of rotatable bonds is 9. The van der Waals surface area contributed by atoms with Crippen LogP contribution in [0.4, 0.5) is 0 Å². The molecule has 24 heavy (non-hydrogen) atoms. The van der Waals surface area contributed by atoms with Crippen LogP contribution in [0.1, 0.15) is 32.8 Å². The van der Waals surface area contributed by atoms with E-state index in [1.54, 1.807) is 28.1 Å². The second-order valence-electron chi connectivity index (χ2n) is 6.52. The minimum Gasteiger partial charge on any atom is -0.493 e. The highest BCUT2D eigenvalue weighted by Gasteiger charge is 2.27. The van der Waals surface area contributed by atoms with Gasteiger partial charge < -0.3 is 19.9 Å². The predicted molar refractivity (Wildman–Crippen MR) is 91.5 cm³/mol. The van der Waals surface area contributed by atoms with Crippen molar-refractivity contribution in [3.05, 3.63) is 23.8 Å². The van der Waals surface area contributed by atoms with Crippen molar-refractivity contribution < 1.29 is 24.2 Å². The lowest BCUT2D eigenvalue weighted by molar-refractivity contribution is -0.147. The molecule has 0 saturated carbocycles. The Morgan fingerprint density at radius 2 is 1.83 bits per heavy atom. The minimum atomic E-state index is -0.866. The molecule has 0 bridgehead atoms. The highest BCUT2D eigenvalue weighted by atomic mass is 16.5. The van der Waals surface area contributed by atoms with E-state index in [1.807, 2.05) is 25.1 Å². The molecule has 1 atom stereocenters. The van der Waals surface area contributed by atoms with Gasteiger partial charge in [0.25, 0.3) is 0 Å². The molecule has 1 aromatic rings. The molecule has 0 aliphatic heterocycles. The lowest BCUT2D eigenvalue weighted by Gasteiger charge is -2.20. The summed E-state index contributed by atoms with van der Waals surface area (Å²) in [5.74, 6) is 0.0946. The summed E-state index contributed by atoms with van der Waals surface area (Å²) in [6, 6.07) is 5.57. The van der Waals surface area contributed by atoms with E-state index in [1.165, 1.54) is 0 Å². The highest BCUT2D eigenvalue weighted by Crippen LogP contribution is 2.28. The number of hydrogen-bond donors (Lipinski definition) is 2. The first-order chi connectivity index (χ1) is 11.2. The Labute approximate surface area is 143 Å². The summed E-state index contributed by atoms with van der Waals surface area (Å²) in [5, 5.41) is 11.9. The molecule has 0 saturated heterocycles. The topological polar surface area (TPSA) is 84.9 Å². The van der Waals surface area contributed by atoms with E-state index in [4.69, 9.17) is 14.6 Å². The van der Waals surface area contributed by atoms with Gasteiger partial charge in [0, 0.05) is 12.5 Å². The SMILES string of the molecule is COc1ccc(CC(C)C(=O)NCCC(C)(C)C(=O)O)cc1OC. The fraction of sp³-hybridized carbons (Fsp3) is 0.556. The van der Waals surface area contributed by atoms with E-state index < -0.39 is 11.4 Å². The lowest BCUT2D eigenvalue weighted by Crippen LogP contribution is -2.35. The van der Waals surface area contributed by atoms with Crippen LogP contribution in [0.2, 0.25) is 0 Å². The van der Waals surface area contributed by atoms with Gasteiger partial charge in [0.05, 0.1) is 19.6 Å². The number of benzene rings is 1. The van der Waals surface area contributed by atoms with E-state index in [0.717, 1.165) is 5.56 Å². The summed E-state index contributed by atoms with van der Waals surface area (Å²) in [7, 11) is 3.15. The molecule has 134 valence electrons. The molecule has 0 aliphatic rings. The average Bonchev–Trinajstić information content (AvgIpc) is 2.54. The Hall–Kier alpha value is -2.24. The molecule has 0 radical (unpaired) electrons. The molecular weight excluding hydrogens is 310 g/mol. The van der Waals surface area contributed by atoms with E-state index in [-0.39, 0.29) is 11.8 Å². The number of carbonyl (C=O) groups is 2. The van der Waals surface area contributed by atoms with Gasteiger partial charge in [-0.15, -0.1) is 0 Å². The monoisotopic (exact) mass is 337 g/mol. The molecule has 0 aromatic heterocycles. The zero-order valence-corrected chi connectivity index (χ0v) is 15.0. The van der Waals surface area contributed by atoms with Gasteiger partial charge in [0.2, 0.25) is 5.91 Å². The molecular formula is C18H27NO5. The first kappa shape index (κ1) is 19.8. The fourth-order valence-corrected chi connectivity index (χ4v) is 2.23. The number of carbonyl (C=O) groups excluding carboxylic acids is 1. The maximum absolute atomic E-state index is 12.2. The van der Waals surface area contributed by atoms with Crippen LogP contribution >= 0.6 is 0 Å². The quantitative estimate of drug-likeness (QED) is 0.723. The minimum absolute atomic E-state index is 0.0917. The molecule has 1 rings (SSSR count). The van der Waals surface area contributed by atoms with Crippen molar-refractivity contribution in [2.75, 3.05) is 20.8 Å². The van der Waals surface area contributed by atoms with Crippen LogP contribution < -0.4 is 14.8 Å². The number of methoxy groups -OCH3 is 2. The van der Waals surface area contributed by atoms with Gasteiger partial charge in [-0.05, 0) is 44.4 Å². The molecule has 6 nitrogen and oxygen atoms in total. The standard InChI is InChI=1S/C18H27NO5/c1-12(16(20)19-9-8-18(2,3)17(21)22)10-13-6-7-14(23-4)15(11-13)24-5/h6-7,11-12H,8-10H2,1-5H3,(H,19,20)(H,21,22). The van der Waals surface area contributed by atoms with Gasteiger partial charge in [-0.3, -0.25) is 9.59 Å². The number of nitrogens with one attached hydrogen (secondary N) is 1. The fourth-order valence-electron chi connectivity index (χ4n) is 2.23. The number of ether oxygens (including phenoxy) is 2. The summed E-state index contributed by atoms with van der Waals surface area (Å²) in [6.45, 7) is 5.48. The van der Waals surface area contributed by atoms with E-state index in [9.17, 15) is 9.59 Å². The third-order valence-electron chi connectivity index (χ3n) is 4.07. The summed E-state index contributed by atoms with van der Waals surface area (Å²) >= 11 is 0. The predicted octanol–water partition coefficient (Wildman–Crippen LogP) is 2.50.